The molecule has 0 amide bonds. The maximum absolute atomic E-state index is 12.5. The van der Waals surface area contributed by atoms with Crippen molar-refractivity contribution in [3.05, 3.63) is 16.4 Å². The first kappa shape index (κ1) is 13.6. The van der Waals surface area contributed by atoms with Gasteiger partial charge >= 0.3 is 0 Å². The number of ketones is 1. The van der Waals surface area contributed by atoms with Crippen molar-refractivity contribution in [2.75, 3.05) is 0 Å². The van der Waals surface area contributed by atoms with Crippen LogP contribution in [0.5, 0.6) is 0 Å². The maximum Gasteiger partial charge on any atom is 0.144 e. The predicted octanol–water partition coefficient (Wildman–Crippen LogP) is 2.01. The first-order chi connectivity index (χ1) is 8.36. The Morgan fingerprint density at radius 1 is 1.67 bits per heavy atom. The zero-order valence-corrected chi connectivity index (χ0v) is 11.9. The third-order valence-corrected chi connectivity index (χ3v) is 4.75. The Morgan fingerprint density at radius 2 is 2.33 bits per heavy atom. The van der Waals surface area contributed by atoms with Gasteiger partial charge in [0.25, 0.3) is 0 Å². The summed E-state index contributed by atoms with van der Waals surface area (Å²) < 4.78 is 1.61. The van der Waals surface area contributed by atoms with Crippen LogP contribution in [0.3, 0.4) is 0 Å². The Labute approximate surface area is 112 Å². The highest BCUT2D eigenvalue weighted by atomic mass is 35.5. The molecule has 2 atom stereocenters. The van der Waals surface area contributed by atoms with Gasteiger partial charge in [-0.2, -0.15) is 5.10 Å². The van der Waals surface area contributed by atoms with Gasteiger partial charge in [0, 0.05) is 30.5 Å². The molecule has 1 aromatic rings. The fourth-order valence-electron chi connectivity index (χ4n) is 2.78. The molecular weight excluding hydrogens is 250 g/mol. The summed E-state index contributed by atoms with van der Waals surface area (Å²) in [5.74, 6) is 0.186. The second-order valence-corrected chi connectivity index (χ2v) is 5.85. The summed E-state index contributed by atoms with van der Waals surface area (Å²) in [5, 5.41) is 4.79. The normalized spacial score (nSPS) is 27.7. The Morgan fingerprint density at radius 3 is 2.78 bits per heavy atom. The number of hydrogen-bond donors (Lipinski definition) is 1. The third-order valence-electron chi connectivity index (χ3n) is 4.27. The molecule has 1 saturated carbocycles. The van der Waals surface area contributed by atoms with Crippen molar-refractivity contribution >= 4 is 17.4 Å². The average molecular weight is 270 g/mol. The minimum Gasteiger partial charge on any atom is -0.327 e. The quantitative estimate of drug-likeness (QED) is 0.913. The van der Waals surface area contributed by atoms with Crippen molar-refractivity contribution in [1.29, 1.82) is 0 Å². The Balaban J connectivity index is 2.22. The Hall–Kier alpha value is -0.870. The maximum atomic E-state index is 12.5. The molecule has 2 N–H and O–H groups in total. The van der Waals surface area contributed by atoms with Crippen molar-refractivity contribution < 1.29 is 4.79 Å². The van der Waals surface area contributed by atoms with Crippen LogP contribution in [0, 0.1) is 12.3 Å². The molecule has 1 fully saturated rings. The summed E-state index contributed by atoms with van der Waals surface area (Å²) in [6.45, 7) is 3.86. The van der Waals surface area contributed by atoms with E-state index in [0.29, 0.717) is 11.6 Å². The molecule has 2 unspecified atom stereocenters. The number of Topliss-reactive ketones (excluding diaryl/α,β-unsaturated/α-hetero) is 1. The molecule has 100 valence electrons. The van der Waals surface area contributed by atoms with E-state index in [1.807, 2.05) is 13.8 Å². The predicted molar refractivity (Wildman–Crippen MR) is 71.6 cm³/mol. The lowest BCUT2D eigenvalue weighted by molar-refractivity contribution is -0.127. The van der Waals surface area contributed by atoms with Crippen LogP contribution in [0.25, 0.3) is 0 Å². The Kier molecular flexibility index (Phi) is 3.52. The van der Waals surface area contributed by atoms with Gasteiger partial charge in [0.15, 0.2) is 0 Å². The van der Waals surface area contributed by atoms with Gasteiger partial charge in [0.2, 0.25) is 0 Å². The number of aromatic nitrogens is 2. The van der Waals surface area contributed by atoms with Crippen molar-refractivity contribution in [1.82, 2.24) is 9.78 Å². The Bertz CT molecular complexity index is 483. The molecule has 0 aromatic carbocycles. The number of carbonyl (C=O) groups excluding carboxylic acids is 1. The zero-order valence-electron chi connectivity index (χ0n) is 11.2. The van der Waals surface area contributed by atoms with Crippen molar-refractivity contribution in [3.63, 3.8) is 0 Å². The van der Waals surface area contributed by atoms with Gasteiger partial charge in [0.1, 0.15) is 10.9 Å². The molecule has 0 saturated heterocycles. The van der Waals surface area contributed by atoms with Crippen LogP contribution < -0.4 is 5.73 Å². The lowest BCUT2D eigenvalue weighted by atomic mass is 9.78. The highest BCUT2D eigenvalue weighted by Gasteiger charge is 2.42. The van der Waals surface area contributed by atoms with E-state index in [1.165, 1.54) is 0 Å². The summed E-state index contributed by atoms with van der Waals surface area (Å²) in [7, 11) is 1.78. The molecule has 1 aliphatic rings. The molecule has 1 heterocycles. The van der Waals surface area contributed by atoms with Gasteiger partial charge in [-0.25, -0.2) is 0 Å². The lowest BCUT2D eigenvalue weighted by Crippen LogP contribution is -2.41. The number of aryl methyl sites for hydroxylation is 2. The van der Waals surface area contributed by atoms with Crippen molar-refractivity contribution in [2.24, 2.45) is 18.2 Å². The fourth-order valence-corrected chi connectivity index (χ4v) is 3.02. The number of hydrogen-bond acceptors (Lipinski definition) is 3. The first-order valence-corrected chi connectivity index (χ1v) is 6.71. The highest BCUT2D eigenvalue weighted by Crippen LogP contribution is 2.38. The second kappa shape index (κ2) is 4.67. The summed E-state index contributed by atoms with van der Waals surface area (Å²) in [6, 6.07) is -0.0271. The van der Waals surface area contributed by atoms with E-state index < -0.39 is 5.41 Å². The number of nitrogens with two attached hydrogens (primary N) is 1. The van der Waals surface area contributed by atoms with Gasteiger partial charge in [-0.05, 0) is 19.8 Å². The summed E-state index contributed by atoms with van der Waals surface area (Å²) in [5.41, 5.74) is 7.34. The van der Waals surface area contributed by atoms with E-state index in [1.54, 1.807) is 11.7 Å². The van der Waals surface area contributed by atoms with Gasteiger partial charge in [-0.1, -0.05) is 24.9 Å². The monoisotopic (exact) mass is 269 g/mol. The summed E-state index contributed by atoms with van der Waals surface area (Å²) in [4.78, 5) is 12.5. The zero-order chi connectivity index (χ0) is 13.5. The molecule has 1 aromatic heterocycles. The largest absolute Gasteiger partial charge is 0.327 e. The number of halogens is 1. The van der Waals surface area contributed by atoms with E-state index in [-0.39, 0.29) is 11.8 Å². The van der Waals surface area contributed by atoms with Gasteiger partial charge in [-0.15, -0.1) is 0 Å². The minimum atomic E-state index is -0.397. The number of carbonyl (C=O) groups is 1. The van der Waals surface area contributed by atoms with E-state index in [2.05, 4.69) is 5.10 Å². The number of rotatable bonds is 3. The van der Waals surface area contributed by atoms with E-state index in [0.717, 1.165) is 30.5 Å². The molecule has 0 spiro atoms. The molecule has 1 aliphatic carbocycles. The van der Waals surface area contributed by atoms with Crippen LogP contribution in [-0.2, 0) is 18.3 Å². The van der Waals surface area contributed by atoms with Gasteiger partial charge < -0.3 is 5.73 Å². The van der Waals surface area contributed by atoms with Crippen LogP contribution in [0.2, 0.25) is 5.15 Å². The molecule has 5 heteroatoms. The molecule has 0 radical (unpaired) electrons. The molecule has 0 aliphatic heterocycles. The average Bonchev–Trinajstić information content (AvgIpc) is 2.76. The molecule has 4 nitrogen and oxygen atoms in total. The van der Waals surface area contributed by atoms with E-state index in [9.17, 15) is 4.79 Å². The van der Waals surface area contributed by atoms with Crippen LogP contribution >= 0.6 is 11.6 Å². The van der Waals surface area contributed by atoms with Crippen LogP contribution in [0.15, 0.2) is 0 Å². The SMILES string of the molecule is Cc1nn(C)c(Cl)c1CC(=O)C1(C)CCCC1N. The lowest BCUT2D eigenvalue weighted by Gasteiger charge is -2.27. The molecule has 0 bridgehead atoms. The topological polar surface area (TPSA) is 60.9 Å². The van der Waals surface area contributed by atoms with E-state index >= 15 is 0 Å². The number of nitrogens with zero attached hydrogens (tertiary/aromatic N) is 2. The minimum absolute atomic E-state index is 0.0271. The molecule has 2 rings (SSSR count). The highest BCUT2D eigenvalue weighted by molar-refractivity contribution is 6.30. The van der Waals surface area contributed by atoms with Crippen LogP contribution in [0.4, 0.5) is 0 Å². The fraction of sp³-hybridized carbons (Fsp3) is 0.692. The molecule has 18 heavy (non-hydrogen) atoms. The first-order valence-electron chi connectivity index (χ1n) is 6.33. The van der Waals surface area contributed by atoms with Gasteiger partial charge in [0.05, 0.1) is 5.69 Å². The third kappa shape index (κ3) is 2.08. The molecular formula is C13H20ClN3O. The van der Waals surface area contributed by atoms with Crippen molar-refractivity contribution in [2.45, 2.75) is 45.6 Å². The van der Waals surface area contributed by atoms with Crippen LogP contribution in [-0.4, -0.2) is 21.6 Å². The van der Waals surface area contributed by atoms with Gasteiger partial charge in [-0.3, -0.25) is 9.48 Å². The summed E-state index contributed by atoms with van der Waals surface area (Å²) >= 11 is 6.16. The standard InChI is InChI=1S/C13H20ClN3O/c1-8-9(12(14)17(3)16-8)7-11(18)13(2)6-4-5-10(13)15/h10H,4-7,15H2,1-3H3. The second-order valence-electron chi connectivity index (χ2n) is 5.49. The van der Waals surface area contributed by atoms with E-state index in [4.69, 9.17) is 17.3 Å². The van der Waals surface area contributed by atoms with Crippen LogP contribution in [0.1, 0.15) is 37.4 Å². The summed E-state index contributed by atoms with van der Waals surface area (Å²) in [6.07, 6.45) is 3.18. The van der Waals surface area contributed by atoms with Crippen molar-refractivity contribution in [3.8, 4) is 0 Å². The smallest absolute Gasteiger partial charge is 0.144 e.